The van der Waals surface area contributed by atoms with E-state index in [2.05, 4.69) is 4.57 Å². The van der Waals surface area contributed by atoms with Crippen molar-refractivity contribution in [2.75, 3.05) is 0 Å². The molecule has 1 aliphatic carbocycles. The first-order valence-corrected chi connectivity index (χ1v) is 8.45. The second-order valence-electron chi connectivity index (χ2n) is 6.54. The first-order chi connectivity index (χ1) is 11.6. The third-order valence-corrected chi connectivity index (χ3v) is 4.95. The van der Waals surface area contributed by atoms with Crippen LogP contribution in [0.3, 0.4) is 0 Å². The molecule has 124 valence electrons. The molecule has 0 atom stereocenters. The number of aryl methyl sites for hydroxylation is 1. The second-order valence-corrected chi connectivity index (χ2v) is 6.54. The molecule has 0 unspecified atom stereocenters. The number of carboxylic acid groups (broad SMARTS) is 1. The summed E-state index contributed by atoms with van der Waals surface area (Å²) in [6.45, 7) is 1.84. The van der Waals surface area contributed by atoms with E-state index in [0.717, 1.165) is 41.0 Å². The Hall–Kier alpha value is -2.56. The van der Waals surface area contributed by atoms with Crippen LogP contribution < -0.4 is 0 Å². The summed E-state index contributed by atoms with van der Waals surface area (Å²) in [5.41, 5.74) is 2.78. The number of aromatic carboxylic acids is 1. The van der Waals surface area contributed by atoms with Gasteiger partial charge in [-0.1, -0.05) is 19.3 Å². The zero-order valence-corrected chi connectivity index (χ0v) is 13.7. The second kappa shape index (κ2) is 5.82. The molecule has 0 radical (unpaired) electrons. The summed E-state index contributed by atoms with van der Waals surface area (Å²) in [6.07, 6.45) is 7.61. The Balaban J connectivity index is 1.96. The number of benzene rings is 1. The summed E-state index contributed by atoms with van der Waals surface area (Å²) in [6, 6.07) is 7.78. The van der Waals surface area contributed by atoms with Gasteiger partial charge in [-0.2, -0.15) is 0 Å². The SMILES string of the molecule is Cc1cc2c(cc1C(=O)O)nc(-c1ccco1)n2C1CCCCC1. The lowest BCUT2D eigenvalue weighted by Crippen LogP contribution is -2.14. The molecule has 5 nitrogen and oxygen atoms in total. The topological polar surface area (TPSA) is 68.3 Å². The molecule has 2 aromatic heterocycles. The molecule has 0 saturated heterocycles. The van der Waals surface area contributed by atoms with E-state index in [4.69, 9.17) is 9.40 Å². The van der Waals surface area contributed by atoms with E-state index >= 15 is 0 Å². The summed E-state index contributed by atoms with van der Waals surface area (Å²) in [7, 11) is 0. The fourth-order valence-corrected chi connectivity index (χ4v) is 3.76. The highest BCUT2D eigenvalue weighted by Crippen LogP contribution is 2.36. The van der Waals surface area contributed by atoms with Crippen LogP contribution in [0.4, 0.5) is 0 Å². The van der Waals surface area contributed by atoms with Gasteiger partial charge >= 0.3 is 5.97 Å². The number of hydrogen-bond acceptors (Lipinski definition) is 3. The third-order valence-electron chi connectivity index (χ3n) is 4.95. The Labute approximate surface area is 139 Å². The summed E-state index contributed by atoms with van der Waals surface area (Å²) < 4.78 is 7.84. The highest BCUT2D eigenvalue weighted by molar-refractivity contribution is 5.95. The standard InChI is InChI=1S/C19H20N2O3/c1-12-10-16-15(11-14(12)19(22)23)20-18(17-8-5-9-24-17)21(16)13-6-3-2-4-7-13/h5,8-11,13H,2-4,6-7H2,1H3,(H,22,23). The molecular formula is C19H20N2O3. The molecule has 1 aromatic carbocycles. The monoisotopic (exact) mass is 324 g/mol. The summed E-state index contributed by atoms with van der Waals surface area (Å²) in [5.74, 6) is 0.608. The van der Waals surface area contributed by atoms with Gasteiger partial charge < -0.3 is 14.1 Å². The van der Waals surface area contributed by atoms with Gasteiger partial charge in [0.05, 0.1) is 22.9 Å². The van der Waals surface area contributed by atoms with E-state index in [-0.39, 0.29) is 0 Å². The van der Waals surface area contributed by atoms with Crippen molar-refractivity contribution in [2.24, 2.45) is 0 Å². The number of fused-ring (bicyclic) bond motifs is 1. The molecule has 0 amide bonds. The predicted octanol–water partition coefficient (Wildman–Crippen LogP) is 4.81. The van der Waals surface area contributed by atoms with Gasteiger partial charge in [-0.3, -0.25) is 0 Å². The molecule has 4 rings (SSSR count). The van der Waals surface area contributed by atoms with Gasteiger partial charge in [-0.25, -0.2) is 9.78 Å². The number of imidazole rings is 1. The van der Waals surface area contributed by atoms with Crippen LogP contribution in [-0.2, 0) is 0 Å². The summed E-state index contributed by atoms with van der Waals surface area (Å²) in [5, 5.41) is 9.38. The lowest BCUT2D eigenvalue weighted by atomic mass is 9.95. The predicted molar refractivity (Wildman–Crippen MR) is 91.3 cm³/mol. The minimum absolute atomic E-state index is 0.307. The Morgan fingerprint density at radius 1 is 1.29 bits per heavy atom. The van der Waals surface area contributed by atoms with Crippen molar-refractivity contribution in [3.63, 3.8) is 0 Å². The maximum absolute atomic E-state index is 11.4. The first kappa shape index (κ1) is 15.0. The first-order valence-electron chi connectivity index (χ1n) is 8.45. The fourth-order valence-electron chi connectivity index (χ4n) is 3.76. The largest absolute Gasteiger partial charge is 0.478 e. The lowest BCUT2D eigenvalue weighted by molar-refractivity contribution is 0.0696. The lowest BCUT2D eigenvalue weighted by Gasteiger charge is -2.25. The average Bonchev–Trinajstić information content (AvgIpc) is 3.21. The molecule has 24 heavy (non-hydrogen) atoms. The summed E-state index contributed by atoms with van der Waals surface area (Å²) in [4.78, 5) is 16.2. The Morgan fingerprint density at radius 2 is 2.08 bits per heavy atom. The molecule has 3 aromatic rings. The quantitative estimate of drug-likeness (QED) is 0.751. The number of carbonyl (C=O) groups is 1. The van der Waals surface area contributed by atoms with Crippen LogP contribution in [0.2, 0.25) is 0 Å². The zero-order chi connectivity index (χ0) is 16.7. The van der Waals surface area contributed by atoms with E-state index in [9.17, 15) is 9.90 Å². The number of aromatic nitrogens is 2. The van der Waals surface area contributed by atoms with E-state index in [1.54, 1.807) is 12.3 Å². The van der Waals surface area contributed by atoms with E-state index < -0.39 is 5.97 Å². The highest BCUT2D eigenvalue weighted by atomic mass is 16.4. The average molecular weight is 324 g/mol. The van der Waals surface area contributed by atoms with Gasteiger partial charge in [0.2, 0.25) is 0 Å². The smallest absolute Gasteiger partial charge is 0.336 e. The molecule has 0 aliphatic heterocycles. The fraction of sp³-hybridized carbons (Fsp3) is 0.368. The minimum Gasteiger partial charge on any atom is -0.478 e. The van der Waals surface area contributed by atoms with Crippen LogP contribution in [0.1, 0.15) is 54.1 Å². The van der Waals surface area contributed by atoms with E-state index in [1.165, 1.54) is 19.3 Å². The van der Waals surface area contributed by atoms with Crippen molar-refractivity contribution >= 4 is 17.0 Å². The Bertz CT molecular complexity index is 887. The normalized spacial score (nSPS) is 15.9. The summed E-state index contributed by atoms with van der Waals surface area (Å²) >= 11 is 0. The number of nitrogens with zero attached hydrogens (tertiary/aromatic N) is 2. The molecular weight excluding hydrogens is 304 g/mol. The van der Waals surface area contributed by atoms with Crippen LogP contribution in [0.25, 0.3) is 22.6 Å². The van der Waals surface area contributed by atoms with Gasteiger partial charge in [-0.15, -0.1) is 0 Å². The van der Waals surface area contributed by atoms with Crippen LogP contribution in [-0.4, -0.2) is 20.6 Å². The molecule has 2 heterocycles. The molecule has 5 heteroatoms. The molecule has 0 spiro atoms. The van der Waals surface area contributed by atoms with E-state index in [0.29, 0.717) is 11.6 Å². The van der Waals surface area contributed by atoms with Gasteiger partial charge in [0.15, 0.2) is 11.6 Å². The van der Waals surface area contributed by atoms with Crippen molar-refractivity contribution in [1.82, 2.24) is 9.55 Å². The highest BCUT2D eigenvalue weighted by Gasteiger charge is 2.24. The van der Waals surface area contributed by atoms with Gasteiger partial charge in [0.25, 0.3) is 0 Å². The molecule has 1 aliphatic rings. The molecule has 1 fully saturated rings. The number of hydrogen-bond donors (Lipinski definition) is 1. The minimum atomic E-state index is -0.916. The van der Waals surface area contributed by atoms with Gasteiger partial charge in [0.1, 0.15) is 0 Å². The number of rotatable bonds is 3. The molecule has 0 bridgehead atoms. The third kappa shape index (κ3) is 2.40. The Kier molecular flexibility index (Phi) is 3.63. The van der Waals surface area contributed by atoms with Crippen molar-refractivity contribution in [2.45, 2.75) is 45.1 Å². The van der Waals surface area contributed by atoms with Gasteiger partial charge in [-0.05, 0) is 49.6 Å². The van der Waals surface area contributed by atoms with Gasteiger partial charge in [0, 0.05) is 6.04 Å². The maximum Gasteiger partial charge on any atom is 0.336 e. The van der Waals surface area contributed by atoms with Crippen LogP contribution in [0, 0.1) is 6.92 Å². The number of furan rings is 1. The van der Waals surface area contributed by atoms with Crippen molar-refractivity contribution in [3.05, 3.63) is 41.7 Å². The van der Waals surface area contributed by atoms with Crippen molar-refractivity contribution < 1.29 is 14.3 Å². The molecule has 1 saturated carbocycles. The van der Waals surface area contributed by atoms with Crippen LogP contribution in [0.15, 0.2) is 34.9 Å². The Morgan fingerprint density at radius 3 is 2.75 bits per heavy atom. The van der Waals surface area contributed by atoms with Crippen molar-refractivity contribution in [1.29, 1.82) is 0 Å². The van der Waals surface area contributed by atoms with Crippen molar-refractivity contribution in [3.8, 4) is 11.6 Å². The number of carboxylic acids is 1. The maximum atomic E-state index is 11.4. The molecule has 1 N–H and O–H groups in total. The van der Waals surface area contributed by atoms with E-state index in [1.807, 2.05) is 25.1 Å². The van der Waals surface area contributed by atoms with Crippen LogP contribution >= 0.6 is 0 Å². The van der Waals surface area contributed by atoms with Crippen LogP contribution in [0.5, 0.6) is 0 Å². The zero-order valence-electron chi connectivity index (χ0n) is 13.7.